The molecule has 0 radical (unpaired) electrons. The van der Waals surface area contributed by atoms with Crippen molar-refractivity contribution in [2.75, 3.05) is 0 Å². The molecule has 0 aliphatic carbocycles. The molecule has 0 aliphatic rings. The second-order valence-corrected chi connectivity index (χ2v) is 1.83. The minimum absolute atomic E-state index is 0.0347. The van der Waals surface area contributed by atoms with Crippen LogP contribution in [0.25, 0.3) is 0 Å². The van der Waals surface area contributed by atoms with Gasteiger partial charge in [0.2, 0.25) is 0 Å². The number of aliphatic hydroxyl groups excluding tert-OH is 1. The van der Waals surface area contributed by atoms with E-state index in [1.165, 1.54) is 6.21 Å². The molecule has 2 N–H and O–H groups in total. The third kappa shape index (κ3) is 2.39. The van der Waals surface area contributed by atoms with Crippen molar-refractivity contribution in [3.05, 3.63) is 12.3 Å². The summed E-state index contributed by atoms with van der Waals surface area (Å²) in [5.74, 6) is 0.195. The molecule has 46 valence electrons. The van der Waals surface area contributed by atoms with Gasteiger partial charge < -0.3 is 10.5 Å². The van der Waals surface area contributed by atoms with E-state index in [1.807, 2.05) is 6.92 Å². The fourth-order valence-corrected chi connectivity index (χ4v) is 0.313. The molecule has 0 aromatic carbocycles. The lowest BCUT2D eigenvalue weighted by molar-refractivity contribution is 0.348. The number of hydrogen-bond donors (Lipinski definition) is 2. The van der Waals surface area contributed by atoms with Crippen LogP contribution < -0.4 is 0 Å². The van der Waals surface area contributed by atoms with Crippen LogP contribution in [-0.4, -0.2) is 11.3 Å². The van der Waals surface area contributed by atoms with Crippen LogP contribution in [0.4, 0.5) is 0 Å². The summed E-state index contributed by atoms with van der Waals surface area (Å²) in [6.07, 6.45) is 1.85. The molecule has 2 heteroatoms. The number of nitrogens with one attached hydrogen (secondary N) is 1. The zero-order valence-electron chi connectivity index (χ0n) is 5.02. The topological polar surface area (TPSA) is 44.1 Å². The van der Waals surface area contributed by atoms with Crippen molar-refractivity contribution in [2.24, 2.45) is 5.92 Å². The van der Waals surface area contributed by atoms with E-state index in [1.54, 1.807) is 0 Å². The highest BCUT2D eigenvalue weighted by Crippen LogP contribution is 2.06. The quantitative estimate of drug-likeness (QED) is 0.425. The Kier molecular flexibility index (Phi) is 2.92. The van der Waals surface area contributed by atoms with Crippen LogP contribution in [0.2, 0.25) is 0 Å². The maximum atomic E-state index is 8.65. The standard InChI is InChI=1S/C6H11NO/c1-5(3-4-7)6(2)8/h4-5,7-8H,2-3H2,1H3/t5-/m1/s1. The number of rotatable bonds is 3. The van der Waals surface area contributed by atoms with Gasteiger partial charge in [-0.3, -0.25) is 0 Å². The molecule has 0 saturated heterocycles. The molecule has 0 aromatic rings. The Labute approximate surface area is 49.4 Å². The van der Waals surface area contributed by atoms with E-state index >= 15 is 0 Å². The van der Waals surface area contributed by atoms with E-state index in [4.69, 9.17) is 10.5 Å². The minimum atomic E-state index is 0.0347. The summed E-state index contributed by atoms with van der Waals surface area (Å²) < 4.78 is 0. The van der Waals surface area contributed by atoms with Crippen LogP contribution in [0, 0.1) is 11.3 Å². The van der Waals surface area contributed by atoms with Crippen molar-refractivity contribution in [1.29, 1.82) is 5.41 Å². The molecule has 0 fully saturated rings. The van der Waals surface area contributed by atoms with Gasteiger partial charge in [-0.1, -0.05) is 13.5 Å². The molecule has 0 heterocycles. The highest BCUT2D eigenvalue weighted by Gasteiger charge is 2.00. The third-order valence-corrected chi connectivity index (χ3v) is 1.04. The summed E-state index contributed by atoms with van der Waals surface area (Å²) in [4.78, 5) is 0. The van der Waals surface area contributed by atoms with Crippen molar-refractivity contribution < 1.29 is 5.11 Å². The van der Waals surface area contributed by atoms with Gasteiger partial charge in [0.25, 0.3) is 0 Å². The molecular weight excluding hydrogens is 102 g/mol. The normalized spacial score (nSPS) is 12.6. The van der Waals surface area contributed by atoms with Crippen LogP contribution in [0.3, 0.4) is 0 Å². The van der Waals surface area contributed by atoms with E-state index in [0.717, 1.165) is 0 Å². The molecular formula is C6H11NO. The van der Waals surface area contributed by atoms with Crippen molar-refractivity contribution >= 4 is 6.21 Å². The van der Waals surface area contributed by atoms with Gasteiger partial charge in [-0.15, -0.1) is 0 Å². The summed E-state index contributed by atoms with van der Waals surface area (Å²) in [7, 11) is 0. The first-order valence-corrected chi connectivity index (χ1v) is 2.55. The molecule has 0 aliphatic heterocycles. The van der Waals surface area contributed by atoms with Crippen LogP contribution in [0.15, 0.2) is 12.3 Å². The average Bonchev–Trinajstić information content (AvgIpc) is 1.67. The Morgan fingerprint density at radius 3 is 2.62 bits per heavy atom. The molecule has 0 aromatic heterocycles. The van der Waals surface area contributed by atoms with Gasteiger partial charge in [-0.05, 0) is 12.6 Å². The van der Waals surface area contributed by atoms with Gasteiger partial charge in [0.1, 0.15) is 0 Å². The van der Waals surface area contributed by atoms with Crippen LogP contribution >= 0.6 is 0 Å². The predicted octanol–water partition coefficient (Wildman–Crippen LogP) is 1.73. The van der Waals surface area contributed by atoms with E-state index in [0.29, 0.717) is 6.42 Å². The summed E-state index contributed by atoms with van der Waals surface area (Å²) in [6.45, 7) is 5.15. The Morgan fingerprint density at radius 2 is 2.50 bits per heavy atom. The van der Waals surface area contributed by atoms with Crippen LogP contribution in [-0.2, 0) is 0 Å². The minimum Gasteiger partial charge on any atom is -0.513 e. The maximum Gasteiger partial charge on any atom is 0.0882 e. The highest BCUT2D eigenvalue weighted by molar-refractivity contribution is 5.53. The van der Waals surface area contributed by atoms with Crippen molar-refractivity contribution in [2.45, 2.75) is 13.3 Å². The fraction of sp³-hybridized carbons (Fsp3) is 0.500. The van der Waals surface area contributed by atoms with Crippen molar-refractivity contribution in [3.8, 4) is 0 Å². The lowest BCUT2D eigenvalue weighted by Gasteiger charge is -2.02. The molecule has 0 rings (SSSR count). The Balaban J connectivity index is 3.46. The van der Waals surface area contributed by atoms with E-state index in [-0.39, 0.29) is 11.7 Å². The van der Waals surface area contributed by atoms with Crippen molar-refractivity contribution in [3.63, 3.8) is 0 Å². The Hall–Kier alpha value is -0.790. The largest absolute Gasteiger partial charge is 0.513 e. The highest BCUT2D eigenvalue weighted by atomic mass is 16.3. The fourth-order valence-electron chi connectivity index (χ4n) is 0.313. The number of allylic oxidation sites excluding steroid dienone is 1. The molecule has 1 atom stereocenters. The lowest BCUT2D eigenvalue weighted by atomic mass is 10.1. The van der Waals surface area contributed by atoms with Gasteiger partial charge >= 0.3 is 0 Å². The third-order valence-electron chi connectivity index (χ3n) is 1.04. The summed E-state index contributed by atoms with van der Waals surface area (Å²) in [5, 5.41) is 15.3. The first kappa shape index (κ1) is 7.21. The van der Waals surface area contributed by atoms with Crippen LogP contribution in [0.1, 0.15) is 13.3 Å². The predicted molar refractivity (Wildman–Crippen MR) is 34.3 cm³/mol. The zero-order chi connectivity index (χ0) is 6.57. The molecule has 0 spiro atoms. The number of hydrogen-bond acceptors (Lipinski definition) is 2. The molecule has 0 amide bonds. The van der Waals surface area contributed by atoms with E-state index < -0.39 is 0 Å². The van der Waals surface area contributed by atoms with Crippen LogP contribution in [0.5, 0.6) is 0 Å². The van der Waals surface area contributed by atoms with E-state index in [9.17, 15) is 0 Å². The van der Waals surface area contributed by atoms with E-state index in [2.05, 4.69) is 6.58 Å². The first-order valence-electron chi connectivity index (χ1n) is 2.55. The SMILES string of the molecule is C=C(O)[C@H](C)CC=N. The van der Waals surface area contributed by atoms with Gasteiger partial charge in [0, 0.05) is 5.92 Å². The first-order chi connectivity index (χ1) is 3.68. The maximum absolute atomic E-state index is 8.65. The summed E-state index contributed by atoms with van der Waals surface area (Å²) in [6, 6.07) is 0. The summed E-state index contributed by atoms with van der Waals surface area (Å²) >= 11 is 0. The van der Waals surface area contributed by atoms with Gasteiger partial charge in [-0.25, -0.2) is 0 Å². The van der Waals surface area contributed by atoms with Gasteiger partial charge in [0.15, 0.2) is 0 Å². The molecule has 0 bridgehead atoms. The monoisotopic (exact) mass is 113 g/mol. The smallest absolute Gasteiger partial charge is 0.0882 e. The van der Waals surface area contributed by atoms with Crippen molar-refractivity contribution in [1.82, 2.24) is 0 Å². The summed E-state index contributed by atoms with van der Waals surface area (Å²) in [5.41, 5.74) is 0. The number of aliphatic hydroxyl groups is 1. The second kappa shape index (κ2) is 3.24. The zero-order valence-corrected chi connectivity index (χ0v) is 5.02. The Morgan fingerprint density at radius 1 is 2.00 bits per heavy atom. The average molecular weight is 113 g/mol. The van der Waals surface area contributed by atoms with Gasteiger partial charge in [0.05, 0.1) is 5.76 Å². The molecule has 0 unspecified atom stereocenters. The molecule has 2 nitrogen and oxygen atoms in total. The van der Waals surface area contributed by atoms with Gasteiger partial charge in [-0.2, -0.15) is 0 Å². The second-order valence-electron chi connectivity index (χ2n) is 1.83. The molecule has 8 heavy (non-hydrogen) atoms. The lowest BCUT2D eigenvalue weighted by Crippen LogP contribution is -1.96. The Bertz CT molecular complexity index is 98.7. The molecule has 0 saturated carbocycles.